The van der Waals surface area contributed by atoms with Crippen molar-refractivity contribution in [2.24, 2.45) is 7.05 Å². The van der Waals surface area contributed by atoms with Crippen LogP contribution < -0.4 is 0 Å². The molecular weight excluding hydrogens is 322 g/mol. The van der Waals surface area contributed by atoms with Crippen molar-refractivity contribution in [3.05, 3.63) is 30.1 Å². The van der Waals surface area contributed by atoms with E-state index >= 15 is 0 Å². The molecule has 12 heavy (non-hydrogen) atoms. The number of hydrogen-bond donors (Lipinski definition) is 0. The van der Waals surface area contributed by atoms with E-state index in [1.54, 1.807) is 7.11 Å². The summed E-state index contributed by atoms with van der Waals surface area (Å²) in [6.45, 7) is 0. The van der Waals surface area contributed by atoms with Crippen LogP contribution in [0.5, 0.6) is 0 Å². The fourth-order valence-electron chi connectivity index (χ4n) is 0.869. The molecule has 0 aliphatic rings. The summed E-state index contributed by atoms with van der Waals surface area (Å²) < 4.78 is 8.11. The molecule has 1 rings (SSSR count). The van der Waals surface area contributed by atoms with E-state index in [1.165, 1.54) is 25.0 Å². The van der Waals surface area contributed by atoms with Crippen molar-refractivity contribution in [2.45, 2.75) is 0 Å². The molecule has 0 bridgehead atoms. The van der Waals surface area contributed by atoms with E-state index in [-0.39, 0.29) is 0 Å². The molecule has 0 unspecified atom stereocenters. The Kier molecular flexibility index (Phi) is 3.64. The van der Waals surface area contributed by atoms with E-state index in [0.717, 1.165) is 4.08 Å². The molecule has 0 fully saturated rings. The van der Waals surface area contributed by atoms with Gasteiger partial charge < -0.3 is 0 Å². The number of aryl methyl sites for hydroxylation is 1. The number of nitrogens with zero attached hydrogens (tertiary/aromatic N) is 1. The fourth-order valence-corrected chi connectivity index (χ4v) is 1.11. The van der Waals surface area contributed by atoms with Gasteiger partial charge in [-0.3, -0.25) is 0 Å². The van der Waals surface area contributed by atoms with Crippen LogP contribution in [0.25, 0.3) is 6.08 Å². The normalized spacial score (nSPS) is 10.8. The zero-order valence-corrected chi connectivity index (χ0v) is 10.1. The van der Waals surface area contributed by atoms with Crippen LogP contribution in [-0.2, 0) is 31.1 Å². The maximum absolute atomic E-state index is 5.05. The Hall–Kier alpha value is -0.462. The zero-order chi connectivity index (χ0) is 8.97. The minimum absolute atomic E-state index is 0.996. The van der Waals surface area contributed by atoms with Crippen LogP contribution in [0.1, 0.15) is 5.69 Å². The molecule has 64 valence electrons. The van der Waals surface area contributed by atoms with Gasteiger partial charge in [-0.25, -0.2) is 0 Å². The molecule has 0 saturated heterocycles. The molecule has 0 aromatic carbocycles. The standard InChI is InChI=1S/C9H11NO.W/c1-10-7-3-5-9(10)6-4-8-11-2;/h3-7H,1-2H3;/b6-4+;. The van der Waals surface area contributed by atoms with Crippen molar-refractivity contribution in [2.75, 3.05) is 7.11 Å². The van der Waals surface area contributed by atoms with Gasteiger partial charge in [0.05, 0.1) is 0 Å². The summed E-state index contributed by atoms with van der Waals surface area (Å²) in [6.07, 6.45) is 6.06. The second-order valence-corrected chi connectivity index (χ2v) is 3.85. The summed E-state index contributed by atoms with van der Waals surface area (Å²) in [7, 11) is 3.71. The Morgan fingerprint density at radius 1 is 1.67 bits per heavy atom. The van der Waals surface area contributed by atoms with Crippen molar-refractivity contribution in [3.63, 3.8) is 0 Å². The first-order valence-corrected chi connectivity index (χ1v) is 5.08. The molecule has 0 atom stereocenters. The Morgan fingerprint density at radius 3 is 2.92 bits per heavy atom. The van der Waals surface area contributed by atoms with E-state index in [9.17, 15) is 0 Å². The van der Waals surface area contributed by atoms with Crippen molar-refractivity contribution >= 4 is 10.2 Å². The molecular formula is C9H11NOW. The SMILES string of the molecule is CO[C](=[W])/C=C/c1cccn1C. The second-order valence-electron chi connectivity index (χ2n) is 2.40. The van der Waals surface area contributed by atoms with Crippen LogP contribution in [-0.4, -0.2) is 15.8 Å². The minimum atomic E-state index is 0.996. The number of hydrogen-bond acceptors (Lipinski definition) is 1. The van der Waals surface area contributed by atoms with Crippen LogP contribution >= 0.6 is 0 Å². The van der Waals surface area contributed by atoms with Crippen molar-refractivity contribution in [3.8, 4) is 0 Å². The number of ether oxygens (including phenoxy) is 1. The summed E-state index contributed by atoms with van der Waals surface area (Å²) in [5, 5.41) is 0. The maximum atomic E-state index is 5.05. The first kappa shape index (κ1) is 9.62. The van der Waals surface area contributed by atoms with Gasteiger partial charge in [0, 0.05) is 0 Å². The third-order valence-corrected chi connectivity index (χ3v) is 2.66. The molecule has 1 heterocycles. The van der Waals surface area contributed by atoms with E-state index in [0.29, 0.717) is 0 Å². The topological polar surface area (TPSA) is 14.2 Å². The van der Waals surface area contributed by atoms with Crippen LogP contribution in [0, 0.1) is 0 Å². The van der Waals surface area contributed by atoms with E-state index < -0.39 is 0 Å². The molecule has 0 aliphatic carbocycles. The molecule has 2 nitrogen and oxygen atoms in total. The van der Waals surface area contributed by atoms with Gasteiger partial charge in [0.25, 0.3) is 0 Å². The number of methoxy groups -OCH3 is 1. The predicted molar refractivity (Wildman–Crippen MR) is 46.5 cm³/mol. The fraction of sp³-hybridized carbons (Fsp3) is 0.222. The van der Waals surface area contributed by atoms with E-state index in [2.05, 4.69) is 10.6 Å². The Balaban J connectivity index is 2.69. The second kappa shape index (κ2) is 4.54. The zero-order valence-electron chi connectivity index (χ0n) is 7.15. The van der Waals surface area contributed by atoms with Gasteiger partial charge in [-0.05, 0) is 0 Å². The molecule has 0 N–H and O–H groups in total. The third-order valence-electron chi connectivity index (χ3n) is 1.58. The average Bonchev–Trinajstić information content (AvgIpc) is 2.47. The average molecular weight is 333 g/mol. The molecule has 1 aromatic rings. The quantitative estimate of drug-likeness (QED) is 0.815. The van der Waals surface area contributed by atoms with Gasteiger partial charge in [0.1, 0.15) is 0 Å². The summed E-state index contributed by atoms with van der Waals surface area (Å²) in [6, 6.07) is 4.09. The van der Waals surface area contributed by atoms with Crippen molar-refractivity contribution < 1.29 is 24.1 Å². The van der Waals surface area contributed by atoms with Crippen LogP contribution in [0.15, 0.2) is 24.4 Å². The molecule has 0 aliphatic heterocycles. The van der Waals surface area contributed by atoms with Gasteiger partial charge in [0.2, 0.25) is 0 Å². The molecule has 0 amide bonds. The summed E-state index contributed by atoms with van der Waals surface area (Å²) in [4.78, 5) is 0. The number of aromatic nitrogens is 1. The van der Waals surface area contributed by atoms with Gasteiger partial charge in [-0.2, -0.15) is 0 Å². The first-order chi connectivity index (χ1) is 5.74. The Morgan fingerprint density at radius 2 is 2.42 bits per heavy atom. The van der Waals surface area contributed by atoms with E-state index in [4.69, 9.17) is 4.74 Å². The van der Waals surface area contributed by atoms with Crippen molar-refractivity contribution in [1.82, 2.24) is 4.57 Å². The van der Waals surface area contributed by atoms with Crippen molar-refractivity contribution in [1.29, 1.82) is 0 Å². The number of rotatable bonds is 3. The molecule has 3 heteroatoms. The van der Waals surface area contributed by atoms with Crippen LogP contribution in [0.4, 0.5) is 0 Å². The van der Waals surface area contributed by atoms with Gasteiger partial charge >= 0.3 is 83.1 Å². The van der Waals surface area contributed by atoms with Crippen LogP contribution in [0.2, 0.25) is 0 Å². The molecule has 0 radical (unpaired) electrons. The monoisotopic (exact) mass is 333 g/mol. The molecule has 1 aromatic heterocycles. The predicted octanol–water partition coefficient (Wildman–Crippen LogP) is 1.36. The summed E-state index contributed by atoms with van der Waals surface area (Å²) in [5.74, 6) is 0. The van der Waals surface area contributed by atoms with Gasteiger partial charge in [0.15, 0.2) is 0 Å². The summed E-state index contributed by atoms with van der Waals surface area (Å²) in [5.41, 5.74) is 1.19. The van der Waals surface area contributed by atoms with Crippen LogP contribution in [0.3, 0.4) is 0 Å². The van der Waals surface area contributed by atoms with Gasteiger partial charge in [-0.15, -0.1) is 0 Å². The molecule has 0 spiro atoms. The summed E-state index contributed by atoms with van der Waals surface area (Å²) >= 11 is 1.35. The first-order valence-electron chi connectivity index (χ1n) is 3.61. The third kappa shape index (κ3) is 2.54. The Bertz CT molecular complexity index is 301. The van der Waals surface area contributed by atoms with E-state index in [1.807, 2.05) is 31.5 Å². The molecule has 0 saturated carbocycles. The Labute approximate surface area is 83.3 Å². The van der Waals surface area contributed by atoms with Gasteiger partial charge in [-0.1, -0.05) is 0 Å².